The van der Waals surface area contributed by atoms with Crippen molar-refractivity contribution < 1.29 is 9.53 Å². The van der Waals surface area contributed by atoms with Crippen molar-refractivity contribution >= 4 is 11.9 Å². The summed E-state index contributed by atoms with van der Waals surface area (Å²) in [7, 11) is 0. The van der Waals surface area contributed by atoms with Gasteiger partial charge in [0.05, 0.1) is 18.8 Å². The fraction of sp³-hybridized carbons (Fsp3) is 0.652. The Labute approximate surface area is 179 Å². The van der Waals surface area contributed by atoms with Crippen LogP contribution in [0.1, 0.15) is 38.2 Å². The quantitative estimate of drug-likeness (QED) is 0.385. The van der Waals surface area contributed by atoms with Gasteiger partial charge in [-0.1, -0.05) is 30.3 Å². The van der Waals surface area contributed by atoms with Crippen LogP contribution in [0.3, 0.4) is 0 Å². The van der Waals surface area contributed by atoms with E-state index in [4.69, 9.17) is 9.73 Å². The van der Waals surface area contributed by atoms with Crippen molar-refractivity contribution in [2.75, 3.05) is 39.3 Å². The monoisotopic (exact) mass is 413 g/mol. The summed E-state index contributed by atoms with van der Waals surface area (Å²) in [5, 5.41) is 6.48. The van der Waals surface area contributed by atoms with E-state index >= 15 is 0 Å². The van der Waals surface area contributed by atoms with E-state index in [0.29, 0.717) is 25.0 Å². The number of rotatable bonds is 8. The average Bonchev–Trinajstić information content (AvgIpc) is 3.45. The number of morpholine rings is 1. The summed E-state index contributed by atoms with van der Waals surface area (Å²) in [6.45, 7) is 8.10. The van der Waals surface area contributed by atoms with Gasteiger partial charge in [0.15, 0.2) is 5.96 Å². The topological polar surface area (TPSA) is 69.2 Å². The maximum absolute atomic E-state index is 11.9. The standard InChI is InChI=1S/C23H35N5O2/c1-2-24-23(25-12-6-9-22(29)26-19-10-11-19)28-16-20-21(17-28)30-14-13-27(20)15-18-7-4-3-5-8-18/h3-5,7-8,19-21H,2,6,9-17H2,1H3,(H,24,25)(H,26,29). The first-order valence-corrected chi connectivity index (χ1v) is 11.4. The Hall–Kier alpha value is -2.12. The van der Waals surface area contributed by atoms with E-state index in [2.05, 4.69) is 57.7 Å². The van der Waals surface area contributed by atoms with Crippen molar-refractivity contribution in [3.05, 3.63) is 35.9 Å². The molecule has 3 aliphatic rings. The highest BCUT2D eigenvalue weighted by Crippen LogP contribution is 2.24. The molecule has 1 aliphatic carbocycles. The van der Waals surface area contributed by atoms with Gasteiger partial charge in [-0.15, -0.1) is 0 Å². The molecule has 0 spiro atoms. The molecule has 30 heavy (non-hydrogen) atoms. The third-order valence-electron chi connectivity index (χ3n) is 6.05. The molecule has 0 bridgehead atoms. The first-order chi connectivity index (χ1) is 14.7. The minimum atomic E-state index is 0.162. The molecule has 7 heteroatoms. The molecule has 1 saturated carbocycles. The maximum Gasteiger partial charge on any atom is 0.220 e. The lowest BCUT2D eigenvalue weighted by molar-refractivity contribution is -0.121. The molecule has 2 atom stereocenters. The van der Waals surface area contributed by atoms with Gasteiger partial charge in [-0.05, 0) is 31.7 Å². The zero-order chi connectivity index (χ0) is 20.8. The van der Waals surface area contributed by atoms with E-state index < -0.39 is 0 Å². The van der Waals surface area contributed by atoms with Crippen molar-refractivity contribution in [1.82, 2.24) is 20.4 Å². The lowest BCUT2D eigenvalue weighted by Crippen LogP contribution is -2.50. The van der Waals surface area contributed by atoms with Gasteiger partial charge in [0.2, 0.25) is 5.91 Å². The van der Waals surface area contributed by atoms with Crippen molar-refractivity contribution in [3.63, 3.8) is 0 Å². The second-order valence-corrected chi connectivity index (χ2v) is 8.52. The van der Waals surface area contributed by atoms with Gasteiger partial charge in [0, 0.05) is 51.7 Å². The summed E-state index contributed by atoms with van der Waals surface area (Å²) in [5.41, 5.74) is 1.35. The van der Waals surface area contributed by atoms with Gasteiger partial charge >= 0.3 is 0 Å². The zero-order valence-electron chi connectivity index (χ0n) is 18.1. The van der Waals surface area contributed by atoms with E-state index in [1.165, 1.54) is 5.56 Å². The molecule has 4 rings (SSSR count). The van der Waals surface area contributed by atoms with Gasteiger partial charge in [0.25, 0.3) is 0 Å². The first kappa shape index (κ1) is 21.1. The lowest BCUT2D eigenvalue weighted by Gasteiger charge is -2.36. The Morgan fingerprint density at radius 3 is 2.83 bits per heavy atom. The number of hydrogen-bond donors (Lipinski definition) is 2. The number of carbonyl (C=O) groups is 1. The fourth-order valence-electron chi connectivity index (χ4n) is 4.32. The molecule has 2 saturated heterocycles. The van der Waals surface area contributed by atoms with Crippen LogP contribution < -0.4 is 10.6 Å². The minimum absolute atomic E-state index is 0.162. The largest absolute Gasteiger partial charge is 0.373 e. The Morgan fingerprint density at radius 2 is 2.07 bits per heavy atom. The van der Waals surface area contributed by atoms with Crippen LogP contribution in [-0.4, -0.2) is 79.2 Å². The highest BCUT2D eigenvalue weighted by atomic mass is 16.5. The van der Waals surface area contributed by atoms with E-state index in [0.717, 1.165) is 64.6 Å². The number of hydrogen-bond acceptors (Lipinski definition) is 4. The van der Waals surface area contributed by atoms with Crippen LogP contribution in [0, 0.1) is 0 Å². The molecular formula is C23H35N5O2. The predicted octanol–water partition coefficient (Wildman–Crippen LogP) is 1.60. The summed E-state index contributed by atoms with van der Waals surface area (Å²) in [6, 6.07) is 11.5. The number of guanidine groups is 1. The molecule has 2 aliphatic heterocycles. The third-order valence-corrected chi connectivity index (χ3v) is 6.05. The van der Waals surface area contributed by atoms with Crippen LogP contribution in [0.25, 0.3) is 0 Å². The minimum Gasteiger partial charge on any atom is -0.373 e. The SMILES string of the molecule is CCNC(=NCCCC(=O)NC1CC1)N1CC2OCCN(Cc3ccccc3)C2C1. The molecule has 1 amide bonds. The molecule has 2 N–H and O–H groups in total. The van der Waals surface area contributed by atoms with E-state index in [1.54, 1.807) is 0 Å². The number of likely N-dealkylation sites (tertiary alicyclic amines) is 1. The molecule has 3 fully saturated rings. The van der Waals surface area contributed by atoms with Crippen LogP contribution in [0.2, 0.25) is 0 Å². The maximum atomic E-state index is 11.9. The second-order valence-electron chi connectivity index (χ2n) is 8.52. The number of carbonyl (C=O) groups excluding carboxylic acids is 1. The van der Waals surface area contributed by atoms with Gasteiger partial charge in [-0.2, -0.15) is 0 Å². The lowest BCUT2D eigenvalue weighted by atomic mass is 10.1. The van der Waals surface area contributed by atoms with Gasteiger partial charge in [-0.25, -0.2) is 0 Å². The number of nitrogens with one attached hydrogen (secondary N) is 2. The van der Waals surface area contributed by atoms with E-state index in [1.807, 2.05) is 0 Å². The van der Waals surface area contributed by atoms with Crippen LogP contribution in [0.5, 0.6) is 0 Å². The summed E-state index contributed by atoms with van der Waals surface area (Å²) in [4.78, 5) is 21.6. The van der Waals surface area contributed by atoms with Crippen molar-refractivity contribution in [2.24, 2.45) is 4.99 Å². The van der Waals surface area contributed by atoms with E-state index in [-0.39, 0.29) is 12.0 Å². The number of nitrogens with zero attached hydrogens (tertiary/aromatic N) is 3. The molecule has 2 heterocycles. The third kappa shape index (κ3) is 5.73. The number of aliphatic imine (C=N–C) groups is 1. The van der Waals surface area contributed by atoms with Crippen molar-refractivity contribution in [2.45, 2.75) is 57.3 Å². The van der Waals surface area contributed by atoms with Gasteiger partial charge < -0.3 is 20.3 Å². The molecule has 7 nitrogen and oxygen atoms in total. The molecule has 0 radical (unpaired) electrons. The highest BCUT2D eigenvalue weighted by molar-refractivity contribution is 5.80. The molecule has 1 aromatic carbocycles. The van der Waals surface area contributed by atoms with Crippen LogP contribution in [0.4, 0.5) is 0 Å². The normalized spacial score (nSPS) is 24.6. The highest BCUT2D eigenvalue weighted by Gasteiger charge is 2.41. The first-order valence-electron chi connectivity index (χ1n) is 11.4. The predicted molar refractivity (Wildman–Crippen MR) is 118 cm³/mol. The number of amides is 1. The number of ether oxygens (including phenoxy) is 1. The van der Waals surface area contributed by atoms with Crippen LogP contribution in [-0.2, 0) is 16.1 Å². The molecule has 2 unspecified atom stereocenters. The smallest absolute Gasteiger partial charge is 0.220 e. The van der Waals surface area contributed by atoms with Crippen LogP contribution >= 0.6 is 0 Å². The van der Waals surface area contributed by atoms with Gasteiger partial charge in [0.1, 0.15) is 0 Å². The number of benzene rings is 1. The number of fused-ring (bicyclic) bond motifs is 1. The molecule has 1 aromatic rings. The van der Waals surface area contributed by atoms with Gasteiger partial charge in [-0.3, -0.25) is 14.7 Å². The van der Waals surface area contributed by atoms with Crippen LogP contribution in [0.15, 0.2) is 35.3 Å². The molecular weight excluding hydrogens is 378 g/mol. The van der Waals surface area contributed by atoms with Crippen molar-refractivity contribution in [1.29, 1.82) is 0 Å². The second kappa shape index (κ2) is 10.3. The molecule has 0 aromatic heterocycles. The summed E-state index contributed by atoms with van der Waals surface area (Å²) >= 11 is 0. The summed E-state index contributed by atoms with van der Waals surface area (Å²) in [6.07, 6.45) is 3.82. The summed E-state index contributed by atoms with van der Waals surface area (Å²) < 4.78 is 6.11. The average molecular weight is 414 g/mol. The Morgan fingerprint density at radius 1 is 1.23 bits per heavy atom. The Kier molecular flexibility index (Phi) is 7.23. The Balaban J connectivity index is 1.31. The fourth-order valence-corrected chi connectivity index (χ4v) is 4.32. The Bertz CT molecular complexity index is 722. The van der Waals surface area contributed by atoms with E-state index in [9.17, 15) is 4.79 Å². The summed E-state index contributed by atoms with van der Waals surface area (Å²) in [5.74, 6) is 1.10. The zero-order valence-corrected chi connectivity index (χ0v) is 18.1. The molecule has 164 valence electrons. The van der Waals surface area contributed by atoms with Crippen molar-refractivity contribution in [3.8, 4) is 0 Å².